The Balaban J connectivity index is 1.66. The third-order valence-corrected chi connectivity index (χ3v) is 5.41. The normalized spacial score (nSPS) is 16.3. The van der Waals surface area contributed by atoms with Gasteiger partial charge in [-0.25, -0.2) is 0 Å². The molecule has 5 nitrogen and oxygen atoms in total. The molecule has 0 radical (unpaired) electrons. The molecule has 1 atom stereocenters. The van der Waals surface area contributed by atoms with Crippen molar-refractivity contribution >= 4 is 29.0 Å². The van der Waals surface area contributed by atoms with Gasteiger partial charge in [-0.2, -0.15) is 0 Å². The highest BCUT2D eigenvalue weighted by Crippen LogP contribution is 2.29. The predicted molar refractivity (Wildman–Crippen MR) is 104 cm³/mol. The molecule has 0 spiro atoms. The molecule has 0 unspecified atom stereocenters. The summed E-state index contributed by atoms with van der Waals surface area (Å²) in [5.74, 6) is -0.145. The summed E-state index contributed by atoms with van der Waals surface area (Å²) in [5.41, 5.74) is 3.42. The number of carbonyl (C=O) groups is 1. The molecule has 0 fully saturated rings. The predicted octanol–water partition coefficient (Wildman–Crippen LogP) is 3.40. The lowest BCUT2D eigenvalue weighted by atomic mass is 9.87. The van der Waals surface area contributed by atoms with Crippen molar-refractivity contribution in [1.82, 2.24) is 14.9 Å². The summed E-state index contributed by atoms with van der Waals surface area (Å²) < 4.78 is 1.72. The van der Waals surface area contributed by atoms with Crippen molar-refractivity contribution < 1.29 is 4.79 Å². The summed E-state index contributed by atoms with van der Waals surface area (Å²) in [6.07, 6.45) is 3.04. The topological polar surface area (TPSA) is 66.9 Å². The molecule has 1 heterocycles. The number of benzene rings is 2. The Bertz CT molecular complexity index is 1130. The number of rotatable bonds is 2. The van der Waals surface area contributed by atoms with E-state index in [0.29, 0.717) is 21.2 Å². The lowest BCUT2D eigenvalue weighted by Crippen LogP contribution is -2.31. The summed E-state index contributed by atoms with van der Waals surface area (Å²) in [6, 6.07) is 13.3. The zero-order valence-electron chi connectivity index (χ0n) is 14.4. The van der Waals surface area contributed by atoms with Gasteiger partial charge in [-0.05, 0) is 60.8 Å². The van der Waals surface area contributed by atoms with E-state index in [4.69, 9.17) is 12.2 Å². The maximum absolute atomic E-state index is 12.8. The van der Waals surface area contributed by atoms with Gasteiger partial charge in [0.05, 0.1) is 16.9 Å². The Hall–Kier alpha value is -2.73. The average molecular weight is 365 g/mol. The minimum atomic E-state index is -0.170. The number of aromatic amines is 1. The Morgan fingerprint density at radius 1 is 1.27 bits per heavy atom. The van der Waals surface area contributed by atoms with E-state index in [0.717, 1.165) is 19.3 Å². The van der Waals surface area contributed by atoms with Gasteiger partial charge >= 0.3 is 0 Å². The zero-order chi connectivity index (χ0) is 18.3. The average Bonchev–Trinajstić information content (AvgIpc) is 2.66. The van der Waals surface area contributed by atoms with Crippen molar-refractivity contribution in [3.8, 4) is 0 Å². The number of hydrogen-bond donors (Lipinski definition) is 2. The molecule has 6 heteroatoms. The second kappa shape index (κ2) is 6.53. The number of fused-ring (bicyclic) bond motifs is 2. The van der Waals surface area contributed by atoms with E-state index in [1.165, 1.54) is 15.7 Å². The number of amides is 1. The Labute approximate surface area is 155 Å². The van der Waals surface area contributed by atoms with Gasteiger partial charge in [0.15, 0.2) is 4.77 Å². The van der Waals surface area contributed by atoms with E-state index >= 15 is 0 Å². The number of aryl methyl sites for hydroxylation is 1. The number of carbonyl (C=O) groups excluding carboxylic acids is 1. The van der Waals surface area contributed by atoms with Crippen LogP contribution in [0.4, 0.5) is 0 Å². The number of nitrogens with one attached hydrogen (secondary N) is 2. The van der Waals surface area contributed by atoms with Crippen LogP contribution in [-0.4, -0.2) is 15.5 Å². The van der Waals surface area contributed by atoms with E-state index < -0.39 is 0 Å². The number of H-pyrrole nitrogens is 1. The minimum Gasteiger partial charge on any atom is -0.345 e. The van der Waals surface area contributed by atoms with Crippen molar-refractivity contribution in [3.05, 3.63) is 74.3 Å². The summed E-state index contributed by atoms with van der Waals surface area (Å²) in [5, 5.41) is 3.65. The van der Waals surface area contributed by atoms with Gasteiger partial charge in [0.25, 0.3) is 11.5 Å². The second-order valence-electron chi connectivity index (χ2n) is 6.67. The quantitative estimate of drug-likeness (QED) is 0.684. The Morgan fingerprint density at radius 3 is 2.92 bits per heavy atom. The largest absolute Gasteiger partial charge is 0.345 e. The van der Waals surface area contributed by atoms with Crippen LogP contribution < -0.4 is 10.9 Å². The lowest BCUT2D eigenvalue weighted by Gasteiger charge is -2.26. The molecule has 2 N–H and O–H groups in total. The molecule has 1 aliphatic rings. The van der Waals surface area contributed by atoms with Crippen molar-refractivity contribution in [2.75, 3.05) is 0 Å². The van der Waals surface area contributed by atoms with Crippen LogP contribution in [0, 0.1) is 4.77 Å². The fourth-order valence-electron chi connectivity index (χ4n) is 3.59. The third-order valence-electron chi connectivity index (χ3n) is 5.04. The first-order valence-corrected chi connectivity index (χ1v) is 9.07. The van der Waals surface area contributed by atoms with Gasteiger partial charge in [0.2, 0.25) is 0 Å². The monoisotopic (exact) mass is 365 g/mol. The maximum Gasteiger partial charge on any atom is 0.261 e. The van der Waals surface area contributed by atoms with Crippen LogP contribution in [0.2, 0.25) is 0 Å². The van der Waals surface area contributed by atoms with Crippen molar-refractivity contribution in [1.29, 1.82) is 0 Å². The maximum atomic E-state index is 12.8. The van der Waals surface area contributed by atoms with Crippen LogP contribution in [-0.2, 0) is 13.5 Å². The molecule has 1 aliphatic carbocycles. The summed E-state index contributed by atoms with van der Waals surface area (Å²) in [6.45, 7) is 0. The molecule has 1 aromatic heterocycles. The SMILES string of the molecule is Cn1c(=S)[nH]c2cc(C(=O)N[C@@H]3CCCc4ccccc43)ccc2c1=O. The number of hydrogen-bond acceptors (Lipinski definition) is 3. The van der Waals surface area contributed by atoms with Crippen molar-refractivity contribution in [3.63, 3.8) is 0 Å². The Morgan fingerprint density at radius 2 is 2.08 bits per heavy atom. The first kappa shape index (κ1) is 16.7. The second-order valence-corrected chi connectivity index (χ2v) is 7.06. The fourth-order valence-corrected chi connectivity index (χ4v) is 3.79. The first-order valence-electron chi connectivity index (χ1n) is 8.66. The molecule has 2 aromatic carbocycles. The number of aromatic nitrogens is 2. The molecular formula is C20H19N3O2S. The van der Waals surface area contributed by atoms with E-state index in [2.05, 4.69) is 22.4 Å². The molecule has 0 aliphatic heterocycles. The van der Waals surface area contributed by atoms with Crippen molar-refractivity contribution in [2.24, 2.45) is 7.05 Å². The summed E-state index contributed by atoms with van der Waals surface area (Å²) >= 11 is 5.16. The van der Waals surface area contributed by atoms with E-state index in [1.807, 2.05) is 12.1 Å². The molecule has 0 saturated heterocycles. The standard InChI is InChI=1S/C20H19N3O2S/c1-23-19(25)15-10-9-13(11-17(15)22-20(23)26)18(24)21-16-8-4-6-12-5-2-3-7-14(12)16/h2-3,5,7,9-11,16H,4,6,8H2,1H3,(H,21,24)(H,22,26)/t16-/m1/s1. The summed E-state index contributed by atoms with van der Waals surface area (Å²) in [7, 11) is 1.63. The third kappa shape index (κ3) is 2.86. The van der Waals surface area contributed by atoms with E-state index in [9.17, 15) is 9.59 Å². The van der Waals surface area contributed by atoms with Gasteiger partial charge < -0.3 is 10.3 Å². The van der Waals surface area contributed by atoms with Gasteiger partial charge in [-0.15, -0.1) is 0 Å². The van der Waals surface area contributed by atoms with Crippen LogP contribution in [0.3, 0.4) is 0 Å². The molecule has 0 bridgehead atoms. The molecule has 0 saturated carbocycles. The molecule has 132 valence electrons. The van der Waals surface area contributed by atoms with Crippen molar-refractivity contribution in [2.45, 2.75) is 25.3 Å². The van der Waals surface area contributed by atoms with Crippen LogP contribution in [0.25, 0.3) is 10.9 Å². The Kier molecular flexibility index (Phi) is 4.20. The molecule has 1 amide bonds. The van der Waals surface area contributed by atoms with Gasteiger partial charge in [0.1, 0.15) is 0 Å². The van der Waals surface area contributed by atoms with Crippen LogP contribution in [0.5, 0.6) is 0 Å². The highest BCUT2D eigenvalue weighted by atomic mass is 32.1. The zero-order valence-corrected chi connectivity index (χ0v) is 15.2. The number of nitrogens with zero attached hydrogens (tertiary/aromatic N) is 1. The molecule has 3 aromatic rings. The highest BCUT2D eigenvalue weighted by molar-refractivity contribution is 7.71. The molecule has 4 rings (SSSR count). The van der Waals surface area contributed by atoms with Gasteiger partial charge in [0, 0.05) is 12.6 Å². The van der Waals surface area contributed by atoms with Crippen LogP contribution in [0.15, 0.2) is 47.3 Å². The van der Waals surface area contributed by atoms with Crippen LogP contribution in [0.1, 0.15) is 40.4 Å². The van der Waals surface area contributed by atoms with Crippen LogP contribution >= 0.6 is 12.2 Å². The highest BCUT2D eigenvalue weighted by Gasteiger charge is 2.22. The van der Waals surface area contributed by atoms with E-state index in [1.54, 1.807) is 25.2 Å². The first-order chi connectivity index (χ1) is 12.5. The van der Waals surface area contributed by atoms with E-state index in [-0.39, 0.29) is 17.5 Å². The lowest BCUT2D eigenvalue weighted by molar-refractivity contribution is 0.0933. The van der Waals surface area contributed by atoms with Gasteiger partial charge in [-0.3, -0.25) is 14.2 Å². The summed E-state index contributed by atoms with van der Waals surface area (Å²) in [4.78, 5) is 28.0. The fraction of sp³-hybridized carbons (Fsp3) is 0.250. The smallest absolute Gasteiger partial charge is 0.261 e. The minimum absolute atomic E-state index is 0.0188. The van der Waals surface area contributed by atoms with Gasteiger partial charge in [-0.1, -0.05) is 24.3 Å². The molecular weight excluding hydrogens is 346 g/mol. The molecule has 26 heavy (non-hydrogen) atoms.